The van der Waals surface area contributed by atoms with Crippen molar-refractivity contribution in [2.45, 2.75) is 6.18 Å². The highest BCUT2D eigenvalue weighted by molar-refractivity contribution is 14.1. The zero-order valence-corrected chi connectivity index (χ0v) is 16.1. The van der Waals surface area contributed by atoms with Gasteiger partial charge in [-0.1, -0.05) is 0 Å². The molecule has 3 rings (SSSR count). The van der Waals surface area contributed by atoms with Gasteiger partial charge in [0.05, 0.1) is 0 Å². The zero-order valence-electron chi connectivity index (χ0n) is 13.9. The van der Waals surface area contributed by atoms with Crippen LogP contribution in [0.25, 0.3) is 0 Å². The van der Waals surface area contributed by atoms with E-state index in [0.717, 1.165) is 9.77 Å². The second-order valence-electron chi connectivity index (χ2n) is 5.60. The van der Waals surface area contributed by atoms with Crippen molar-refractivity contribution in [3.05, 3.63) is 69.7 Å². The summed E-state index contributed by atoms with van der Waals surface area (Å²) in [6, 6.07) is 12.3. The molecule has 2 aromatic carbocycles. The van der Waals surface area contributed by atoms with Gasteiger partial charge in [-0.2, -0.15) is 18.2 Å². The summed E-state index contributed by atoms with van der Waals surface area (Å²) in [6.07, 6.45) is -3.88. The van der Waals surface area contributed by atoms with E-state index >= 15 is 0 Å². The molecule has 0 aliphatic rings. The molecular formula is C18H13F4IN4. The molecule has 0 bridgehead atoms. The van der Waals surface area contributed by atoms with Crippen LogP contribution in [0.4, 0.5) is 40.7 Å². The molecule has 140 valence electrons. The van der Waals surface area contributed by atoms with Gasteiger partial charge in [0.2, 0.25) is 5.95 Å². The number of halogens is 5. The van der Waals surface area contributed by atoms with E-state index in [1.54, 1.807) is 31.3 Å². The molecule has 0 amide bonds. The summed E-state index contributed by atoms with van der Waals surface area (Å²) in [5.41, 5.74) is 0.0312. The standard InChI is InChI=1S/C18H13F4IN4/c1-27(14-8-2-11(19)3-9-14)17-24-10-15(18(20,21)22)16(26-17)25-13-6-4-12(23)5-7-13/h2-10H,1H3,(H,24,25,26). The van der Waals surface area contributed by atoms with Gasteiger partial charge in [0.25, 0.3) is 0 Å². The second kappa shape index (κ2) is 7.67. The topological polar surface area (TPSA) is 41.1 Å². The van der Waals surface area contributed by atoms with E-state index in [1.165, 1.54) is 29.2 Å². The smallest absolute Gasteiger partial charge is 0.340 e. The average molecular weight is 488 g/mol. The van der Waals surface area contributed by atoms with E-state index in [4.69, 9.17) is 0 Å². The summed E-state index contributed by atoms with van der Waals surface area (Å²) < 4.78 is 54.1. The Morgan fingerprint density at radius 3 is 2.22 bits per heavy atom. The zero-order chi connectivity index (χ0) is 19.6. The first-order chi connectivity index (χ1) is 12.7. The fourth-order valence-corrected chi connectivity index (χ4v) is 2.65. The third kappa shape index (κ3) is 4.65. The number of alkyl halides is 3. The number of hydrogen-bond donors (Lipinski definition) is 1. The second-order valence-corrected chi connectivity index (χ2v) is 6.84. The molecular weight excluding hydrogens is 475 g/mol. The molecule has 1 N–H and O–H groups in total. The van der Waals surface area contributed by atoms with Gasteiger partial charge in [-0.25, -0.2) is 9.37 Å². The Balaban J connectivity index is 1.99. The van der Waals surface area contributed by atoms with E-state index in [0.29, 0.717) is 11.4 Å². The molecule has 0 radical (unpaired) electrons. The molecule has 1 aromatic heterocycles. The Morgan fingerprint density at radius 1 is 1.00 bits per heavy atom. The molecule has 0 atom stereocenters. The number of aromatic nitrogens is 2. The molecule has 9 heteroatoms. The average Bonchev–Trinajstić information content (AvgIpc) is 2.63. The molecule has 0 saturated carbocycles. The molecule has 0 aliphatic heterocycles. The quantitative estimate of drug-likeness (QED) is 0.375. The van der Waals surface area contributed by atoms with Gasteiger partial charge in [-0.05, 0) is 71.1 Å². The van der Waals surface area contributed by atoms with Crippen LogP contribution >= 0.6 is 22.6 Å². The minimum atomic E-state index is -4.61. The lowest BCUT2D eigenvalue weighted by Gasteiger charge is -2.20. The van der Waals surface area contributed by atoms with Crippen molar-refractivity contribution < 1.29 is 17.6 Å². The van der Waals surface area contributed by atoms with Crippen molar-refractivity contribution in [1.29, 1.82) is 0 Å². The maximum absolute atomic E-state index is 13.3. The van der Waals surface area contributed by atoms with Crippen molar-refractivity contribution in [2.24, 2.45) is 0 Å². The Morgan fingerprint density at radius 2 is 1.63 bits per heavy atom. The van der Waals surface area contributed by atoms with Gasteiger partial charge in [0.15, 0.2) is 0 Å². The van der Waals surface area contributed by atoms with Crippen LogP contribution in [0, 0.1) is 9.39 Å². The van der Waals surface area contributed by atoms with Gasteiger partial charge < -0.3 is 10.2 Å². The summed E-state index contributed by atoms with van der Waals surface area (Å²) in [6.45, 7) is 0. The minimum Gasteiger partial charge on any atom is -0.340 e. The number of nitrogens with zero attached hydrogens (tertiary/aromatic N) is 3. The summed E-state index contributed by atoms with van der Waals surface area (Å²) in [5, 5.41) is 2.70. The van der Waals surface area contributed by atoms with Gasteiger partial charge in [0.1, 0.15) is 17.2 Å². The monoisotopic (exact) mass is 488 g/mol. The lowest BCUT2D eigenvalue weighted by atomic mass is 10.2. The summed E-state index contributed by atoms with van der Waals surface area (Å²) in [7, 11) is 1.59. The number of rotatable bonds is 4. The number of hydrogen-bond acceptors (Lipinski definition) is 4. The molecule has 27 heavy (non-hydrogen) atoms. The van der Waals surface area contributed by atoms with E-state index in [1.807, 2.05) is 0 Å². The molecule has 4 nitrogen and oxygen atoms in total. The van der Waals surface area contributed by atoms with Crippen LogP contribution in [0.15, 0.2) is 54.7 Å². The highest BCUT2D eigenvalue weighted by Gasteiger charge is 2.35. The highest BCUT2D eigenvalue weighted by Crippen LogP contribution is 2.36. The fraction of sp³-hybridized carbons (Fsp3) is 0.111. The molecule has 0 fully saturated rings. The maximum atomic E-state index is 13.3. The molecule has 0 aliphatic carbocycles. The summed E-state index contributed by atoms with van der Waals surface area (Å²) in [5.74, 6) is -0.730. The molecule has 0 spiro atoms. The number of nitrogens with one attached hydrogen (secondary N) is 1. The predicted octanol–water partition coefficient (Wildman–Crippen LogP) is 5.75. The van der Waals surface area contributed by atoms with Crippen LogP contribution in [-0.2, 0) is 6.18 Å². The van der Waals surface area contributed by atoms with Gasteiger partial charge >= 0.3 is 6.18 Å². The first-order valence-corrected chi connectivity index (χ1v) is 8.78. The van der Waals surface area contributed by atoms with Crippen molar-refractivity contribution in [1.82, 2.24) is 9.97 Å². The van der Waals surface area contributed by atoms with Crippen molar-refractivity contribution in [3.63, 3.8) is 0 Å². The van der Waals surface area contributed by atoms with E-state index in [2.05, 4.69) is 37.9 Å². The lowest BCUT2D eigenvalue weighted by Crippen LogP contribution is -2.17. The Labute approximate surface area is 166 Å². The van der Waals surface area contributed by atoms with E-state index in [-0.39, 0.29) is 11.8 Å². The lowest BCUT2D eigenvalue weighted by molar-refractivity contribution is -0.137. The van der Waals surface area contributed by atoms with Gasteiger partial charge in [-0.15, -0.1) is 0 Å². The van der Waals surface area contributed by atoms with Crippen LogP contribution in [0.3, 0.4) is 0 Å². The maximum Gasteiger partial charge on any atom is 0.421 e. The van der Waals surface area contributed by atoms with Crippen LogP contribution in [0.1, 0.15) is 5.56 Å². The first kappa shape index (κ1) is 19.3. The SMILES string of the molecule is CN(c1ccc(F)cc1)c1ncc(C(F)(F)F)c(Nc2ccc(I)cc2)n1. The van der Waals surface area contributed by atoms with Crippen LogP contribution in [0.2, 0.25) is 0 Å². The van der Waals surface area contributed by atoms with Gasteiger partial charge in [0, 0.05) is 28.2 Å². The summed E-state index contributed by atoms with van der Waals surface area (Å²) >= 11 is 2.10. The third-order valence-corrected chi connectivity index (χ3v) is 4.42. The summed E-state index contributed by atoms with van der Waals surface area (Å²) in [4.78, 5) is 9.33. The first-order valence-electron chi connectivity index (χ1n) is 7.70. The Kier molecular flexibility index (Phi) is 5.49. The minimum absolute atomic E-state index is 0.0441. The third-order valence-electron chi connectivity index (χ3n) is 3.70. The van der Waals surface area contributed by atoms with Crippen molar-refractivity contribution >= 4 is 45.7 Å². The largest absolute Gasteiger partial charge is 0.421 e. The number of anilines is 4. The van der Waals surface area contributed by atoms with Crippen LogP contribution < -0.4 is 10.2 Å². The van der Waals surface area contributed by atoms with Crippen molar-refractivity contribution in [2.75, 3.05) is 17.3 Å². The van der Waals surface area contributed by atoms with Crippen LogP contribution in [-0.4, -0.2) is 17.0 Å². The predicted molar refractivity (Wildman–Crippen MR) is 104 cm³/mol. The normalized spacial score (nSPS) is 11.3. The Hall–Kier alpha value is -2.43. The van der Waals surface area contributed by atoms with E-state index < -0.39 is 17.6 Å². The van der Waals surface area contributed by atoms with E-state index in [9.17, 15) is 17.6 Å². The number of benzene rings is 2. The molecule has 3 aromatic rings. The molecule has 0 saturated heterocycles. The fourth-order valence-electron chi connectivity index (χ4n) is 2.29. The highest BCUT2D eigenvalue weighted by atomic mass is 127. The van der Waals surface area contributed by atoms with Crippen LogP contribution in [0.5, 0.6) is 0 Å². The molecule has 1 heterocycles. The van der Waals surface area contributed by atoms with Crippen molar-refractivity contribution in [3.8, 4) is 0 Å². The Bertz CT molecular complexity index is 928. The molecule has 0 unspecified atom stereocenters. The van der Waals surface area contributed by atoms with Gasteiger partial charge in [-0.3, -0.25) is 0 Å².